The largest absolute Gasteiger partial charge is 0.490 e. The monoisotopic (exact) mass is 524 g/mol. The molecule has 5 heteroatoms. The van der Waals surface area contributed by atoms with Gasteiger partial charge in [-0.2, -0.15) is 4.39 Å². The van der Waals surface area contributed by atoms with E-state index in [1.165, 1.54) is 37.8 Å². The third kappa shape index (κ3) is 6.31. The Morgan fingerprint density at radius 2 is 1.26 bits per heavy atom. The lowest BCUT2D eigenvalue weighted by atomic mass is 9.83. The van der Waals surface area contributed by atoms with Gasteiger partial charge in [0.2, 0.25) is 5.82 Å². The predicted octanol–water partition coefficient (Wildman–Crippen LogP) is 10.5. The minimum absolute atomic E-state index is 0.0797. The number of hydrogen-bond donors (Lipinski definition) is 0. The van der Waals surface area contributed by atoms with E-state index in [0.717, 1.165) is 37.7 Å². The first-order valence-electron chi connectivity index (χ1n) is 13.8. The van der Waals surface area contributed by atoms with Crippen LogP contribution in [0.5, 0.6) is 5.75 Å². The molecule has 1 nitrogen and oxygen atoms in total. The van der Waals surface area contributed by atoms with Gasteiger partial charge in [0.05, 0.1) is 6.61 Å². The lowest BCUT2D eigenvalue weighted by molar-refractivity contribution is 0.289. The first kappa shape index (κ1) is 27.9. The Morgan fingerprint density at radius 1 is 0.684 bits per heavy atom. The first-order chi connectivity index (χ1) is 18.4. The van der Waals surface area contributed by atoms with Crippen molar-refractivity contribution in [1.29, 1.82) is 0 Å². The molecule has 0 radical (unpaired) electrons. The number of ether oxygens (including phenoxy) is 1. The number of unbranched alkanes of at least 4 members (excludes halogenated alkanes) is 3. The summed E-state index contributed by atoms with van der Waals surface area (Å²) in [4.78, 5) is 0. The summed E-state index contributed by atoms with van der Waals surface area (Å²) in [7, 11) is 0. The average molecular weight is 525 g/mol. The lowest BCUT2D eigenvalue weighted by Gasteiger charge is -2.22. The molecule has 1 aliphatic carbocycles. The third-order valence-electron chi connectivity index (χ3n) is 7.47. The highest BCUT2D eigenvalue weighted by molar-refractivity contribution is 5.74. The van der Waals surface area contributed by atoms with Crippen molar-refractivity contribution in [3.63, 3.8) is 0 Å². The molecule has 0 aliphatic heterocycles. The SMILES string of the molecule is CCCCCC1CC=C(c2ccc(-c3ccc(-c4ccc(OCCCC)c(F)c4F)cc3)c(F)c2F)CC1. The van der Waals surface area contributed by atoms with Gasteiger partial charge in [0.1, 0.15) is 0 Å². The molecule has 202 valence electrons. The van der Waals surface area contributed by atoms with E-state index in [1.54, 1.807) is 36.4 Å². The molecule has 0 saturated heterocycles. The molecule has 0 aromatic heterocycles. The number of hydrogen-bond acceptors (Lipinski definition) is 1. The fourth-order valence-corrected chi connectivity index (χ4v) is 5.12. The maximum Gasteiger partial charge on any atom is 0.201 e. The molecule has 1 unspecified atom stereocenters. The quantitative estimate of drug-likeness (QED) is 0.179. The van der Waals surface area contributed by atoms with E-state index in [9.17, 15) is 8.78 Å². The highest BCUT2D eigenvalue weighted by Crippen LogP contribution is 2.37. The fraction of sp³-hybridized carbons (Fsp3) is 0.394. The molecule has 1 aliphatic rings. The Hall–Kier alpha value is -3.08. The van der Waals surface area contributed by atoms with Crippen LogP contribution in [0.1, 0.15) is 77.2 Å². The molecule has 0 N–H and O–H groups in total. The molecule has 1 atom stereocenters. The van der Waals surface area contributed by atoms with Crippen molar-refractivity contribution >= 4 is 5.57 Å². The highest BCUT2D eigenvalue weighted by Gasteiger charge is 2.21. The van der Waals surface area contributed by atoms with E-state index >= 15 is 8.78 Å². The Balaban J connectivity index is 1.50. The van der Waals surface area contributed by atoms with Crippen LogP contribution in [0.2, 0.25) is 0 Å². The van der Waals surface area contributed by atoms with E-state index in [2.05, 4.69) is 13.0 Å². The van der Waals surface area contributed by atoms with Gasteiger partial charge in [-0.05, 0) is 60.4 Å². The van der Waals surface area contributed by atoms with Crippen LogP contribution in [0.15, 0.2) is 54.6 Å². The summed E-state index contributed by atoms with van der Waals surface area (Å²) in [6.07, 6.45) is 11.2. The van der Waals surface area contributed by atoms with Gasteiger partial charge in [0, 0.05) is 16.7 Å². The zero-order valence-electron chi connectivity index (χ0n) is 22.3. The van der Waals surface area contributed by atoms with Gasteiger partial charge >= 0.3 is 0 Å². The number of halogens is 4. The van der Waals surface area contributed by atoms with Crippen molar-refractivity contribution in [3.8, 4) is 28.0 Å². The van der Waals surface area contributed by atoms with Crippen LogP contribution in [0.3, 0.4) is 0 Å². The second-order valence-corrected chi connectivity index (χ2v) is 10.2. The van der Waals surface area contributed by atoms with Gasteiger partial charge in [-0.1, -0.05) is 88.4 Å². The Kier molecular flexibility index (Phi) is 9.65. The van der Waals surface area contributed by atoms with Crippen LogP contribution >= 0.6 is 0 Å². The summed E-state index contributed by atoms with van der Waals surface area (Å²) < 4.78 is 64.9. The summed E-state index contributed by atoms with van der Waals surface area (Å²) in [5, 5.41) is 0. The van der Waals surface area contributed by atoms with Gasteiger partial charge in [0.25, 0.3) is 0 Å². The van der Waals surface area contributed by atoms with Gasteiger partial charge in [-0.3, -0.25) is 0 Å². The fourth-order valence-electron chi connectivity index (χ4n) is 5.12. The van der Waals surface area contributed by atoms with Crippen molar-refractivity contribution < 1.29 is 22.3 Å². The molecular weight excluding hydrogens is 488 g/mol. The molecular formula is C33H36F4O. The van der Waals surface area contributed by atoms with Gasteiger partial charge < -0.3 is 4.74 Å². The molecule has 0 spiro atoms. The van der Waals surface area contributed by atoms with Crippen molar-refractivity contribution in [1.82, 2.24) is 0 Å². The number of allylic oxidation sites excluding steroid dienone is 2. The zero-order valence-corrected chi connectivity index (χ0v) is 22.3. The topological polar surface area (TPSA) is 9.23 Å². The Bertz CT molecular complexity index is 1260. The molecule has 4 rings (SSSR count). The molecule has 0 heterocycles. The van der Waals surface area contributed by atoms with Crippen LogP contribution in [0, 0.1) is 29.2 Å². The standard InChI is InChI=1S/C33H36F4O/c1-3-5-7-8-22-9-11-23(12-10-22)26-17-18-27(31(35)30(26)34)24-13-15-25(16-14-24)28-19-20-29(33(37)32(28)36)38-21-6-4-2/h11,13-20,22H,3-10,12,21H2,1-2H3. The lowest BCUT2D eigenvalue weighted by Crippen LogP contribution is -2.07. The third-order valence-corrected chi connectivity index (χ3v) is 7.47. The van der Waals surface area contributed by atoms with Gasteiger partial charge in [-0.15, -0.1) is 0 Å². The number of rotatable bonds is 11. The van der Waals surface area contributed by atoms with Crippen LogP contribution in [0.25, 0.3) is 27.8 Å². The predicted molar refractivity (Wildman–Crippen MR) is 147 cm³/mol. The van der Waals surface area contributed by atoms with Crippen LogP contribution < -0.4 is 4.74 Å². The average Bonchev–Trinajstić information content (AvgIpc) is 2.94. The Morgan fingerprint density at radius 3 is 1.87 bits per heavy atom. The highest BCUT2D eigenvalue weighted by atomic mass is 19.2. The number of benzene rings is 3. The van der Waals surface area contributed by atoms with E-state index in [4.69, 9.17) is 4.74 Å². The van der Waals surface area contributed by atoms with Crippen molar-refractivity contribution in [2.24, 2.45) is 5.92 Å². The summed E-state index contributed by atoms with van der Waals surface area (Å²) in [5.74, 6) is -3.26. The second kappa shape index (κ2) is 13.1. The molecule has 3 aromatic carbocycles. The molecule has 0 saturated carbocycles. The second-order valence-electron chi connectivity index (χ2n) is 10.2. The first-order valence-corrected chi connectivity index (χ1v) is 13.8. The smallest absolute Gasteiger partial charge is 0.201 e. The molecule has 0 amide bonds. The summed E-state index contributed by atoms with van der Waals surface area (Å²) in [5.41, 5.74) is 2.31. The molecule has 0 fully saturated rings. The van der Waals surface area contributed by atoms with Crippen LogP contribution in [-0.2, 0) is 0 Å². The summed E-state index contributed by atoms with van der Waals surface area (Å²) >= 11 is 0. The van der Waals surface area contributed by atoms with Crippen molar-refractivity contribution in [2.45, 2.75) is 71.6 Å². The van der Waals surface area contributed by atoms with Crippen molar-refractivity contribution in [2.75, 3.05) is 6.61 Å². The van der Waals surface area contributed by atoms with Gasteiger partial charge in [0.15, 0.2) is 23.2 Å². The summed E-state index contributed by atoms with van der Waals surface area (Å²) in [6.45, 7) is 4.50. The maximum atomic E-state index is 15.2. The summed E-state index contributed by atoms with van der Waals surface area (Å²) in [6, 6.07) is 12.5. The zero-order chi connectivity index (χ0) is 27.1. The molecule has 38 heavy (non-hydrogen) atoms. The molecule has 3 aromatic rings. The minimum atomic E-state index is -1.03. The molecule has 0 bridgehead atoms. The van der Waals surface area contributed by atoms with Gasteiger partial charge in [-0.25, -0.2) is 13.2 Å². The van der Waals surface area contributed by atoms with Crippen molar-refractivity contribution in [3.05, 3.63) is 83.4 Å². The van der Waals surface area contributed by atoms with Crippen LogP contribution in [-0.4, -0.2) is 6.61 Å². The van der Waals surface area contributed by atoms with E-state index in [-0.39, 0.29) is 16.9 Å². The Labute approximate surface area is 223 Å². The maximum absolute atomic E-state index is 15.2. The van der Waals surface area contributed by atoms with E-state index in [1.807, 2.05) is 6.92 Å². The normalized spacial score (nSPS) is 15.4. The van der Waals surface area contributed by atoms with E-state index < -0.39 is 23.3 Å². The minimum Gasteiger partial charge on any atom is -0.490 e. The van der Waals surface area contributed by atoms with E-state index in [0.29, 0.717) is 29.2 Å². The van der Waals surface area contributed by atoms with Crippen LogP contribution in [0.4, 0.5) is 17.6 Å².